The zero-order valence-electron chi connectivity index (χ0n) is 24.4. The van der Waals surface area contributed by atoms with Gasteiger partial charge in [-0.3, -0.25) is 23.9 Å². The van der Waals surface area contributed by atoms with Gasteiger partial charge in [0.1, 0.15) is 17.9 Å². The topological polar surface area (TPSA) is 181 Å². The van der Waals surface area contributed by atoms with E-state index in [1.54, 1.807) is 0 Å². The molecule has 5 N–H and O–H groups in total. The zero-order chi connectivity index (χ0) is 31.7. The number of alkyl halides is 1. The Balaban J connectivity index is 1.37. The minimum Gasteiger partial charge on any atom is -0.394 e. The summed E-state index contributed by atoms with van der Waals surface area (Å²) in [5.74, 6) is 5.24. The summed E-state index contributed by atoms with van der Waals surface area (Å²) in [6.07, 6.45) is 2.84. The molecule has 2 aromatic rings. The third-order valence-corrected chi connectivity index (χ3v) is 6.98. The normalized spacial score (nSPS) is 17.6. The molecule has 1 saturated heterocycles. The summed E-state index contributed by atoms with van der Waals surface area (Å²) in [5.41, 5.74) is -0.791. The summed E-state index contributed by atoms with van der Waals surface area (Å²) in [7, 11) is 0. The minimum atomic E-state index is -0.959. The Kier molecular flexibility index (Phi) is 15.1. The van der Waals surface area contributed by atoms with Crippen molar-refractivity contribution in [2.45, 2.75) is 50.5 Å². The zero-order valence-corrected chi connectivity index (χ0v) is 25.1. The van der Waals surface area contributed by atoms with Gasteiger partial charge in [-0.1, -0.05) is 24.7 Å². The SMILES string of the molecule is O=C(NCC#Cc1cn([C@H]2C[C@H](O)[C@@H](CO)O2)c(=O)[nH]c1=O)c1ccc(C(=O)NCCOCCOCCCCCCCl)cc1. The highest BCUT2D eigenvalue weighted by Crippen LogP contribution is 2.27. The number of ether oxygens (including phenoxy) is 3. The number of aliphatic hydroxyl groups excluding tert-OH is 2. The van der Waals surface area contributed by atoms with Crippen LogP contribution in [-0.4, -0.2) is 95.8 Å². The Hall–Kier alpha value is -3.51. The van der Waals surface area contributed by atoms with Crippen molar-refractivity contribution in [2.24, 2.45) is 0 Å². The molecule has 240 valence electrons. The van der Waals surface area contributed by atoms with Crippen LogP contribution < -0.4 is 21.9 Å². The Morgan fingerprint density at radius 1 is 1.00 bits per heavy atom. The quantitative estimate of drug-likeness (QED) is 0.0941. The maximum absolute atomic E-state index is 12.5. The van der Waals surface area contributed by atoms with E-state index in [0.29, 0.717) is 50.0 Å². The summed E-state index contributed by atoms with van der Waals surface area (Å²) in [4.78, 5) is 51.4. The number of hydrogen-bond donors (Lipinski definition) is 5. The van der Waals surface area contributed by atoms with Crippen LogP contribution in [0.1, 0.15) is 64.6 Å². The number of hydrogen-bond acceptors (Lipinski definition) is 9. The minimum absolute atomic E-state index is 0.0389. The molecule has 0 saturated carbocycles. The standard InChI is InChI=1S/C30H39ClN4O9/c31-11-3-1-2-4-14-42-16-17-43-15-13-33-28(39)22-9-7-21(8-10-22)27(38)32-12-5-6-23-19-35(30(41)34-29(23)40)26-18-24(37)25(20-36)44-26/h7-10,19,24-26,36-37H,1-4,11-18,20H2,(H,32,38)(H,33,39)(H,34,40,41)/t24-,25+,26+/m0/s1. The number of benzene rings is 1. The summed E-state index contributed by atoms with van der Waals surface area (Å²) in [6.45, 7) is 1.81. The molecule has 1 aromatic carbocycles. The van der Waals surface area contributed by atoms with Crippen molar-refractivity contribution >= 4 is 23.4 Å². The van der Waals surface area contributed by atoms with Gasteiger partial charge in [0, 0.05) is 42.8 Å². The lowest BCUT2D eigenvalue weighted by Gasteiger charge is -2.14. The van der Waals surface area contributed by atoms with Crippen molar-refractivity contribution in [3.63, 3.8) is 0 Å². The van der Waals surface area contributed by atoms with Crippen molar-refractivity contribution in [2.75, 3.05) is 52.0 Å². The number of aromatic amines is 1. The highest BCUT2D eigenvalue weighted by Gasteiger charge is 2.35. The van der Waals surface area contributed by atoms with E-state index in [4.69, 9.17) is 25.8 Å². The van der Waals surface area contributed by atoms with Crippen molar-refractivity contribution in [3.05, 3.63) is 68.0 Å². The van der Waals surface area contributed by atoms with Crippen molar-refractivity contribution < 1.29 is 34.0 Å². The fraction of sp³-hybridized carbons (Fsp3) is 0.533. The van der Waals surface area contributed by atoms with Crippen molar-refractivity contribution in [1.82, 2.24) is 20.2 Å². The second-order valence-electron chi connectivity index (χ2n) is 9.97. The van der Waals surface area contributed by atoms with Gasteiger partial charge in [0.15, 0.2) is 0 Å². The van der Waals surface area contributed by atoms with Gasteiger partial charge in [0.2, 0.25) is 0 Å². The number of rotatable bonds is 17. The molecule has 0 aliphatic carbocycles. The molecule has 2 heterocycles. The van der Waals surface area contributed by atoms with E-state index >= 15 is 0 Å². The van der Waals surface area contributed by atoms with E-state index in [-0.39, 0.29) is 24.4 Å². The molecule has 0 spiro atoms. The number of aromatic nitrogens is 2. The summed E-state index contributed by atoms with van der Waals surface area (Å²) < 4.78 is 17.5. The number of nitrogens with zero attached hydrogens (tertiary/aromatic N) is 1. The summed E-state index contributed by atoms with van der Waals surface area (Å²) in [6, 6.07) is 6.09. The fourth-order valence-electron chi connectivity index (χ4n) is 4.29. The van der Waals surface area contributed by atoms with Gasteiger partial charge >= 0.3 is 5.69 Å². The first-order valence-corrected chi connectivity index (χ1v) is 15.0. The molecular formula is C30H39ClN4O9. The van der Waals surface area contributed by atoms with Crippen LogP contribution >= 0.6 is 11.6 Å². The highest BCUT2D eigenvalue weighted by molar-refractivity contribution is 6.17. The highest BCUT2D eigenvalue weighted by atomic mass is 35.5. The molecule has 14 heteroatoms. The van der Waals surface area contributed by atoms with Gasteiger partial charge in [0.05, 0.1) is 39.1 Å². The molecule has 1 aromatic heterocycles. The third-order valence-electron chi connectivity index (χ3n) is 6.71. The maximum atomic E-state index is 12.5. The molecular weight excluding hydrogens is 596 g/mol. The van der Waals surface area contributed by atoms with E-state index in [1.165, 1.54) is 30.5 Å². The van der Waals surface area contributed by atoms with Crippen molar-refractivity contribution in [3.8, 4) is 11.8 Å². The van der Waals surface area contributed by atoms with Gasteiger partial charge in [-0.05, 0) is 37.1 Å². The van der Waals surface area contributed by atoms with Crippen LogP contribution in [0.5, 0.6) is 0 Å². The largest absolute Gasteiger partial charge is 0.394 e. The number of carbonyl (C=O) groups excluding carboxylic acids is 2. The van der Waals surface area contributed by atoms with Crippen LogP contribution in [-0.2, 0) is 14.2 Å². The lowest BCUT2D eigenvalue weighted by molar-refractivity contribution is -0.0459. The first-order chi connectivity index (χ1) is 21.3. The van der Waals surface area contributed by atoms with Gasteiger partial charge in [-0.2, -0.15) is 0 Å². The molecule has 1 fully saturated rings. The van der Waals surface area contributed by atoms with E-state index in [0.717, 1.165) is 30.3 Å². The molecule has 1 aliphatic heterocycles. The van der Waals surface area contributed by atoms with Crippen LogP contribution in [0.2, 0.25) is 0 Å². The lowest BCUT2D eigenvalue weighted by Crippen LogP contribution is -2.33. The number of aliphatic hydroxyl groups is 2. The molecule has 3 rings (SSSR count). The van der Waals surface area contributed by atoms with E-state index in [9.17, 15) is 29.4 Å². The van der Waals surface area contributed by atoms with E-state index in [1.807, 2.05) is 0 Å². The second-order valence-corrected chi connectivity index (χ2v) is 10.3. The maximum Gasteiger partial charge on any atom is 0.330 e. The van der Waals surface area contributed by atoms with Gasteiger partial charge < -0.3 is 35.1 Å². The van der Waals surface area contributed by atoms with Crippen LogP contribution in [0.25, 0.3) is 0 Å². The molecule has 44 heavy (non-hydrogen) atoms. The number of amides is 2. The Morgan fingerprint density at radius 2 is 1.66 bits per heavy atom. The van der Waals surface area contributed by atoms with Crippen molar-refractivity contribution in [1.29, 1.82) is 0 Å². The Bertz CT molecular complexity index is 1380. The van der Waals surface area contributed by atoms with Gasteiger partial charge in [0.25, 0.3) is 17.4 Å². The third kappa shape index (κ3) is 11.2. The first-order valence-electron chi connectivity index (χ1n) is 14.5. The summed E-state index contributed by atoms with van der Waals surface area (Å²) in [5, 5.41) is 24.5. The van der Waals surface area contributed by atoms with Crippen LogP contribution in [0, 0.1) is 11.8 Å². The number of unbranched alkanes of at least 4 members (excludes halogenated alkanes) is 3. The Labute approximate surface area is 259 Å². The number of H-pyrrole nitrogens is 1. The molecule has 0 unspecified atom stereocenters. The van der Waals surface area contributed by atoms with E-state index < -0.39 is 42.2 Å². The molecule has 2 amide bonds. The number of halogens is 1. The average Bonchev–Trinajstić information content (AvgIpc) is 3.40. The lowest BCUT2D eigenvalue weighted by atomic mass is 10.1. The first kappa shape index (κ1) is 35.0. The molecule has 0 bridgehead atoms. The number of nitrogens with one attached hydrogen (secondary N) is 3. The van der Waals surface area contributed by atoms with Gasteiger partial charge in [-0.25, -0.2) is 4.79 Å². The molecule has 1 aliphatic rings. The predicted molar refractivity (Wildman–Crippen MR) is 162 cm³/mol. The van der Waals surface area contributed by atoms with E-state index in [2.05, 4.69) is 27.5 Å². The number of carbonyl (C=O) groups is 2. The van der Waals surface area contributed by atoms with Crippen LogP contribution in [0.3, 0.4) is 0 Å². The van der Waals surface area contributed by atoms with Gasteiger partial charge in [-0.15, -0.1) is 11.6 Å². The summed E-state index contributed by atoms with van der Waals surface area (Å²) >= 11 is 5.64. The van der Waals surface area contributed by atoms with Crippen LogP contribution in [0.4, 0.5) is 0 Å². The van der Waals surface area contributed by atoms with Crippen LogP contribution in [0.15, 0.2) is 40.1 Å². The predicted octanol–water partition coefficient (Wildman–Crippen LogP) is 0.521. The molecule has 0 radical (unpaired) electrons. The molecule has 13 nitrogen and oxygen atoms in total. The Morgan fingerprint density at radius 3 is 2.32 bits per heavy atom. The second kappa shape index (κ2) is 19.0. The monoisotopic (exact) mass is 634 g/mol. The average molecular weight is 635 g/mol. The fourth-order valence-corrected chi connectivity index (χ4v) is 4.48. The smallest absolute Gasteiger partial charge is 0.330 e. The molecule has 3 atom stereocenters.